The van der Waals surface area contributed by atoms with Gasteiger partial charge < -0.3 is 20.0 Å². The average Bonchev–Trinajstić information content (AvgIpc) is 3.08. The number of urea groups is 2. The normalized spacial score (nSPS) is 19.0. The zero-order chi connectivity index (χ0) is 32.0. The number of nitrogens with zero attached hydrogens (tertiary/aromatic N) is 5. The summed E-state index contributed by atoms with van der Waals surface area (Å²) in [6.45, 7) is 12.5. The van der Waals surface area contributed by atoms with Crippen molar-refractivity contribution in [2.75, 3.05) is 32.7 Å². The molecule has 3 aromatic rings. The van der Waals surface area contributed by atoms with E-state index < -0.39 is 35.3 Å². The standard InChI is InChI=1S/C35H36F2N6O2/c1-25(26-9-4-3-5-10-26)42-20-15-32(27-13-14-30(36)31(37)23-27)43(34(42)45)33(44)40-18-8-19-41-21-16-35(39-2,17-22-41)29-12-7-6-11-28(29)24-38/h3-7,9-14,23,25,32H,8,15-22H2,1H3,(H,40,44). The maximum absolute atomic E-state index is 14.2. The van der Waals surface area contributed by atoms with Crippen molar-refractivity contribution in [3.8, 4) is 6.07 Å². The van der Waals surface area contributed by atoms with Gasteiger partial charge in [-0.05, 0) is 61.7 Å². The number of halogens is 2. The van der Waals surface area contributed by atoms with Crippen LogP contribution in [0.2, 0.25) is 0 Å². The van der Waals surface area contributed by atoms with E-state index in [4.69, 9.17) is 6.57 Å². The topological polar surface area (TPSA) is 84.0 Å². The van der Waals surface area contributed by atoms with E-state index in [0.717, 1.165) is 28.2 Å². The van der Waals surface area contributed by atoms with Crippen LogP contribution < -0.4 is 5.32 Å². The van der Waals surface area contributed by atoms with Crippen LogP contribution in [-0.2, 0) is 5.54 Å². The lowest BCUT2D eigenvalue weighted by atomic mass is 9.79. The molecule has 2 unspecified atom stereocenters. The minimum atomic E-state index is -1.03. The van der Waals surface area contributed by atoms with E-state index in [9.17, 15) is 23.6 Å². The minimum absolute atomic E-state index is 0.290. The average molecular weight is 611 g/mol. The van der Waals surface area contributed by atoms with Crippen LogP contribution in [0.1, 0.15) is 66.9 Å². The third-order valence-electron chi connectivity index (χ3n) is 9.08. The van der Waals surface area contributed by atoms with E-state index in [0.29, 0.717) is 69.5 Å². The highest BCUT2D eigenvalue weighted by atomic mass is 19.2. The first-order valence-corrected chi connectivity index (χ1v) is 15.3. The van der Waals surface area contributed by atoms with E-state index in [1.807, 2.05) is 55.5 Å². The Morgan fingerprint density at radius 1 is 1.07 bits per heavy atom. The Bertz CT molecular complexity index is 1610. The second-order valence-corrected chi connectivity index (χ2v) is 11.6. The van der Waals surface area contributed by atoms with Gasteiger partial charge in [-0.3, -0.25) is 0 Å². The SMILES string of the molecule is [C-]#[N+]C1(c2ccccc2C#N)CCN(CCCNC(=O)N2C(=O)N(C(C)c3ccccc3)CCC2c2ccc(F)c(F)c2)CC1. The van der Waals surface area contributed by atoms with Gasteiger partial charge >= 0.3 is 12.1 Å². The summed E-state index contributed by atoms with van der Waals surface area (Å²) in [6, 6.07) is 20.4. The molecule has 0 bridgehead atoms. The number of hydrogen-bond acceptors (Lipinski definition) is 4. The van der Waals surface area contributed by atoms with Crippen LogP contribution in [0.4, 0.5) is 18.4 Å². The van der Waals surface area contributed by atoms with E-state index in [-0.39, 0.29) is 6.04 Å². The molecule has 0 spiro atoms. The van der Waals surface area contributed by atoms with Crippen LogP contribution in [-0.4, -0.2) is 59.5 Å². The molecule has 45 heavy (non-hydrogen) atoms. The fourth-order valence-electron chi connectivity index (χ4n) is 6.45. The second kappa shape index (κ2) is 13.9. The van der Waals surface area contributed by atoms with Crippen molar-refractivity contribution in [2.24, 2.45) is 0 Å². The summed E-state index contributed by atoms with van der Waals surface area (Å²) >= 11 is 0. The largest absolute Gasteiger partial charge is 0.338 e. The molecule has 232 valence electrons. The number of amides is 4. The van der Waals surface area contributed by atoms with Crippen molar-refractivity contribution < 1.29 is 18.4 Å². The molecule has 0 radical (unpaired) electrons. The van der Waals surface area contributed by atoms with Crippen molar-refractivity contribution in [2.45, 2.75) is 50.2 Å². The first-order chi connectivity index (χ1) is 21.8. The van der Waals surface area contributed by atoms with E-state index in [2.05, 4.69) is 21.1 Å². The Morgan fingerprint density at radius 2 is 1.78 bits per heavy atom. The number of carbonyl (C=O) groups is 2. The molecule has 5 rings (SSSR count). The molecule has 2 fully saturated rings. The van der Waals surface area contributed by atoms with Gasteiger partial charge in [0.05, 0.1) is 29.3 Å². The minimum Gasteiger partial charge on any atom is -0.338 e. The molecule has 2 aliphatic rings. The van der Waals surface area contributed by atoms with Gasteiger partial charge in [-0.25, -0.2) is 29.8 Å². The number of carbonyl (C=O) groups excluding carboxylic acids is 2. The first kappa shape index (κ1) is 31.6. The summed E-state index contributed by atoms with van der Waals surface area (Å²) < 4.78 is 27.9. The summed E-state index contributed by atoms with van der Waals surface area (Å²) in [5.74, 6) is -2.02. The highest BCUT2D eigenvalue weighted by Crippen LogP contribution is 2.39. The Kier molecular flexibility index (Phi) is 9.75. The molecule has 2 atom stereocenters. The Hall–Kier alpha value is -4.80. The van der Waals surface area contributed by atoms with Crippen LogP contribution in [0.3, 0.4) is 0 Å². The van der Waals surface area contributed by atoms with E-state index in [1.165, 1.54) is 6.07 Å². The Balaban J connectivity index is 1.22. The maximum Gasteiger partial charge on any atom is 0.329 e. The molecule has 0 aliphatic carbocycles. The summed E-state index contributed by atoms with van der Waals surface area (Å²) in [7, 11) is 0. The summed E-state index contributed by atoms with van der Waals surface area (Å²) in [5.41, 5.74) is 1.89. The molecular formula is C35H36F2N6O2. The zero-order valence-electron chi connectivity index (χ0n) is 25.3. The van der Waals surface area contributed by atoms with Crippen molar-refractivity contribution in [3.63, 3.8) is 0 Å². The van der Waals surface area contributed by atoms with Crippen molar-refractivity contribution in [1.82, 2.24) is 20.0 Å². The third kappa shape index (κ3) is 6.67. The summed E-state index contributed by atoms with van der Waals surface area (Å²) in [6.07, 6.45) is 2.20. The number of nitriles is 1. The van der Waals surface area contributed by atoms with Crippen molar-refractivity contribution >= 4 is 12.1 Å². The molecule has 0 saturated carbocycles. The van der Waals surface area contributed by atoms with Gasteiger partial charge in [-0.15, -0.1) is 0 Å². The summed E-state index contributed by atoms with van der Waals surface area (Å²) in [5, 5.41) is 12.4. The molecule has 4 amide bonds. The van der Waals surface area contributed by atoms with Crippen LogP contribution >= 0.6 is 0 Å². The number of nitrogens with one attached hydrogen (secondary N) is 1. The molecule has 1 N–H and O–H groups in total. The molecule has 10 heteroatoms. The van der Waals surface area contributed by atoms with Gasteiger partial charge in [0.25, 0.3) is 5.54 Å². The number of piperidine rings is 1. The molecule has 2 aliphatic heterocycles. The fraction of sp³-hybridized carbons (Fsp3) is 0.371. The number of rotatable bonds is 8. The second-order valence-electron chi connectivity index (χ2n) is 11.6. The number of hydrogen-bond donors (Lipinski definition) is 1. The van der Waals surface area contributed by atoms with Gasteiger partial charge in [0.1, 0.15) is 0 Å². The highest BCUT2D eigenvalue weighted by molar-refractivity contribution is 5.95. The first-order valence-electron chi connectivity index (χ1n) is 15.3. The smallest absolute Gasteiger partial charge is 0.329 e. The fourth-order valence-corrected chi connectivity index (χ4v) is 6.45. The van der Waals surface area contributed by atoms with Gasteiger partial charge in [-0.2, -0.15) is 5.26 Å². The molecule has 0 aromatic heterocycles. The number of likely N-dealkylation sites (tertiary alicyclic amines) is 1. The molecular weight excluding hydrogens is 574 g/mol. The molecule has 8 nitrogen and oxygen atoms in total. The van der Waals surface area contributed by atoms with Crippen LogP contribution in [0.25, 0.3) is 4.85 Å². The van der Waals surface area contributed by atoms with E-state index in [1.54, 1.807) is 11.0 Å². The highest BCUT2D eigenvalue weighted by Gasteiger charge is 2.44. The Labute approximate surface area is 262 Å². The lowest BCUT2D eigenvalue weighted by Gasteiger charge is -2.43. The van der Waals surface area contributed by atoms with Crippen LogP contribution in [0.15, 0.2) is 72.8 Å². The monoisotopic (exact) mass is 610 g/mol. The zero-order valence-corrected chi connectivity index (χ0v) is 25.3. The van der Waals surface area contributed by atoms with E-state index >= 15 is 0 Å². The molecule has 2 saturated heterocycles. The van der Waals surface area contributed by atoms with Gasteiger partial charge in [-0.1, -0.05) is 48.5 Å². The Morgan fingerprint density at radius 3 is 2.47 bits per heavy atom. The quantitative estimate of drug-likeness (QED) is 0.225. The van der Waals surface area contributed by atoms with Gasteiger partial charge in [0.2, 0.25) is 0 Å². The molecule has 2 heterocycles. The van der Waals surface area contributed by atoms with Crippen LogP contribution in [0.5, 0.6) is 0 Å². The van der Waals surface area contributed by atoms with Crippen molar-refractivity contribution in [1.29, 1.82) is 5.26 Å². The predicted molar refractivity (Wildman–Crippen MR) is 166 cm³/mol. The van der Waals surface area contributed by atoms with Gasteiger partial charge in [0, 0.05) is 39.0 Å². The lowest BCUT2D eigenvalue weighted by Crippen LogP contribution is -2.56. The molecule has 3 aromatic carbocycles. The third-order valence-corrected chi connectivity index (χ3v) is 9.08. The predicted octanol–water partition coefficient (Wildman–Crippen LogP) is 6.78. The van der Waals surface area contributed by atoms with Crippen LogP contribution in [0, 0.1) is 29.5 Å². The lowest BCUT2D eigenvalue weighted by molar-refractivity contribution is 0.0944. The van der Waals surface area contributed by atoms with Crippen molar-refractivity contribution in [3.05, 3.63) is 118 Å². The number of benzene rings is 3. The number of imide groups is 1. The maximum atomic E-state index is 14.2. The summed E-state index contributed by atoms with van der Waals surface area (Å²) in [4.78, 5) is 36.4. The van der Waals surface area contributed by atoms with Gasteiger partial charge in [0.15, 0.2) is 11.6 Å².